The number of benzene rings is 1. The summed E-state index contributed by atoms with van der Waals surface area (Å²) in [4.78, 5) is 7.92. The first-order valence-corrected chi connectivity index (χ1v) is 10.8. The van der Waals surface area contributed by atoms with Gasteiger partial charge in [0.15, 0.2) is 11.6 Å². The molecule has 3 aromatic rings. The SMILES string of the molecule is CCc1nc2sc([C@H](c3ccccc3F)N3CCC4(CC3)OCCO4)c(O)n2n1. The van der Waals surface area contributed by atoms with Crippen LogP contribution in [0.15, 0.2) is 24.3 Å². The van der Waals surface area contributed by atoms with Gasteiger partial charge in [-0.1, -0.05) is 36.5 Å². The Morgan fingerprint density at radius 1 is 1.24 bits per heavy atom. The van der Waals surface area contributed by atoms with E-state index in [4.69, 9.17) is 9.47 Å². The highest BCUT2D eigenvalue weighted by Gasteiger charge is 2.42. The van der Waals surface area contributed by atoms with E-state index in [2.05, 4.69) is 15.0 Å². The lowest BCUT2D eigenvalue weighted by Gasteiger charge is -2.41. The molecular weight excluding hydrogens is 395 g/mol. The number of hydrogen-bond acceptors (Lipinski definition) is 7. The predicted molar refractivity (Wildman–Crippen MR) is 106 cm³/mol. The highest BCUT2D eigenvalue weighted by Crippen LogP contribution is 2.43. The Balaban J connectivity index is 1.54. The zero-order chi connectivity index (χ0) is 20.0. The fourth-order valence-electron chi connectivity index (χ4n) is 4.23. The van der Waals surface area contributed by atoms with Crippen LogP contribution in [-0.2, 0) is 15.9 Å². The number of thiazole rings is 1. The highest BCUT2D eigenvalue weighted by molar-refractivity contribution is 7.17. The molecule has 2 aliphatic rings. The Bertz CT molecular complexity index is 1020. The molecule has 0 radical (unpaired) electrons. The van der Waals surface area contributed by atoms with Crippen molar-refractivity contribution >= 4 is 16.3 Å². The lowest BCUT2D eigenvalue weighted by Crippen LogP contribution is -2.46. The van der Waals surface area contributed by atoms with Crippen molar-refractivity contribution in [1.29, 1.82) is 0 Å². The number of aromatic nitrogens is 3. The Morgan fingerprint density at radius 3 is 2.62 bits per heavy atom. The summed E-state index contributed by atoms with van der Waals surface area (Å²) in [7, 11) is 0. The highest BCUT2D eigenvalue weighted by atomic mass is 32.1. The molecule has 4 heterocycles. The van der Waals surface area contributed by atoms with Crippen LogP contribution < -0.4 is 0 Å². The quantitative estimate of drug-likeness (QED) is 0.702. The molecule has 1 N–H and O–H groups in total. The number of hydrogen-bond donors (Lipinski definition) is 1. The molecule has 0 unspecified atom stereocenters. The van der Waals surface area contributed by atoms with Gasteiger partial charge in [-0.05, 0) is 6.07 Å². The van der Waals surface area contributed by atoms with Crippen molar-refractivity contribution in [2.75, 3.05) is 26.3 Å². The smallest absolute Gasteiger partial charge is 0.230 e. The van der Waals surface area contributed by atoms with E-state index >= 15 is 0 Å². The minimum Gasteiger partial charge on any atom is -0.492 e. The van der Waals surface area contributed by atoms with E-state index in [1.54, 1.807) is 12.1 Å². The predicted octanol–water partition coefficient (Wildman–Crippen LogP) is 3.13. The molecule has 0 saturated carbocycles. The second-order valence-electron chi connectivity index (χ2n) is 7.43. The molecule has 1 aromatic carbocycles. The normalized spacial score (nSPS) is 20.6. The van der Waals surface area contributed by atoms with Crippen molar-refractivity contribution in [3.63, 3.8) is 0 Å². The van der Waals surface area contributed by atoms with Crippen LogP contribution in [0.5, 0.6) is 5.88 Å². The van der Waals surface area contributed by atoms with Gasteiger partial charge in [-0.3, -0.25) is 4.90 Å². The Kier molecular flexibility index (Phi) is 4.78. The topological polar surface area (TPSA) is 72.1 Å². The molecule has 7 nitrogen and oxygen atoms in total. The average molecular weight is 418 g/mol. The monoisotopic (exact) mass is 418 g/mol. The van der Waals surface area contributed by atoms with Crippen LogP contribution in [0.1, 0.15) is 42.1 Å². The number of rotatable bonds is 4. The third-order valence-electron chi connectivity index (χ3n) is 5.75. The lowest BCUT2D eigenvalue weighted by molar-refractivity contribution is -0.187. The molecule has 1 spiro atoms. The summed E-state index contributed by atoms with van der Waals surface area (Å²) in [5.41, 5.74) is 0.534. The number of aromatic hydroxyl groups is 1. The van der Waals surface area contributed by atoms with E-state index in [1.165, 1.54) is 21.9 Å². The van der Waals surface area contributed by atoms with E-state index in [0.717, 1.165) is 0 Å². The second kappa shape index (κ2) is 7.32. The minimum atomic E-state index is -0.514. The van der Waals surface area contributed by atoms with Crippen molar-refractivity contribution in [2.24, 2.45) is 0 Å². The van der Waals surface area contributed by atoms with Gasteiger partial charge in [0.1, 0.15) is 5.82 Å². The number of likely N-dealkylation sites (tertiary alicyclic amines) is 1. The molecular formula is C20H23FN4O3S. The molecule has 2 fully saturated rings. The first-order valence-electron chi connectivity index (χ1n) is 9.94. The first kappa shape index (κ1) is 18.9. The number of halogens is 1. The molecule has 5 rings (SSSR count). The standard InChI is InChI=1S/C20H23FN4O3S/c1-2-15-22-19-25(23-15)18(26)17(29-19)16(13-5-3-4-6-14(13)21)24-9-7-20(8-10-24)27-11-12-28-20/h3-6,16,26H,2,7-12H2,1H3/t16-/m0/s1. The first-order chi connectivity index (χ1) is 14.1. The maximum atomic E-state index is 14.8. The van der Waals surface area contributed by atoms with Crippen molar-refractivity contribution in [2.45, 2.75) is 38.0 Å². The molecule has 0 aliphatic carbocycles. The average Bonchev–Trinajstić information content (AvgIpc) is 3.43. The number of fused-ring (bicyclic) bond motifs is 1. The fourth-order valence-corrected chi connectivity index (χ4v) is 5.35. The third-order valence-corrected chi connectivity index (χ3v) is 6.82. The van der Waals surface area contributed by atoms with Crippen LogP contribution in [-0.4, -0.2) is 56.7 Å². The number of ether oxygens (including phenoxy) is 2. The molecule has 2 aromatic heterocycles. The molecule has 0 amide bonds. The van der Waals surface area contributed by atoms with Crippen LogP contribution >= 0.6 is 11.3 Å². The van der Waals surface area contributed by atoms with Crippen LogP contribution in [0.2, 0.25) is 0 Å². The van der Waals surface area contributed by atoms with Crippen LogP contribution in [0, 0.1) is 5.82 Å². The summed E-state index contributed by atoms with van der Waals surface area (Å²) in [5, 5.41) is 15.3. The summed E-state index contributed by atoms with van der Waals surface area (Å²) in [6, 6.07) is 6.31. The van der Waals surface area contributed by atoms with Crippen molar-refractivity contribution < 1.29 is 19.0 Å². The number of nitrogens with zero attached hydrogens (tertiary/aromatic N) is 4. The Hall–Kier alpha value is -2.07. The summed E-state index contributed by atoms with van der Waals surface area (Å²) in [6.07, 6.45) is 2.10. The molecule has 9 heteroatoms. The molecule has 29 heavy (non-hydrogen) atoms. The van der Waals surface area contributed by atoms with Crippen molar-refractivity contribution in [1.82, 2.24) is 19.5 Å². The van der Waals surface area contributed by atoms with Crippen LogP contribution in [0.4, 0.5) is 4.39 Å². The van der Waals surface area contributed by atoms with Crippen molar-refractivity contribution in [3.8, 4) is 5.88 Å². The van der Waals surface area contributed by atoms with Crippen LogP contribution in [0.25, 0.3) is 4.96 Å². The van der Waals surface area contributed by atoms with Crippen LogP contribution in [0.3, 0.4) is 0 Å². The maximum Gasteiger partial charge on any atom is 0.230 e. The second-order valence-corrected chi connectivity index (χ2v) is 8.44. The van der Waals surface area contributed by atoms with Gasteiger partial charge in [0.25, 0.3) is 0 Å². The van der Waals surface area contributed by atoms with Gasteiger partial charge in [0.05, 0.1) is 24.1 Å². The largest absolute Gasteiger partial charge is 0.492 e. The maximum absolute atomic E-state index is 14.8. The minimum absolute atomic E-state index is 0.0270. The van der Waals surface area contributed by atoms with Gasteiger partial charge in [0, 0.05) is 37.9 Å². The number of piperidine rings is 1. The van der Waals surface area contributed by atoms with E-state index < -0.39 is 11.8 Å². The summed E-state index contributed by atoms with van der Waals surface area (Å²) < 4.78 is 27.9. The summed E-state index contributed by atoms with van der Waals surface area (Å²) in [6.45, 7) is 4.55. The zero-order valence-electron chi connectivity index (χ0n) is 16.2. The molecule has 2 saturated heterocycles. The van der Waals surface area contributed by atoms with Gasteiger partial charge in [-0.25, -0.2) is 9.37 Å². The molecule has 2 aliphatic heterocycles. The van der Waals surface area contributed by atoms with Crippen molar-refractivity contribution in [3.05, 3.63) is 46.3 Å². The van der Waals surface area contributed by atoms with E-state index in [-0.39, 0.29) is 11.7 Å². The lowest BCUT2D eigenvalue weighted by atomic mass is 9.97. The van der Waals surface area contributed by atoms with Gasteiger partial charge in [-0.2, -0.15) is 4.52 Å². The molecule has 154 valence electrons. The Labute approximate surface area is 171 Å². The van der Waals surface area contributed by atoms with Gasteiger partial charge in [0.2, 0.25) is 10.8 Å². The van der Waals surface area contributed by atoms with E-state index in [9.17, 15) is 9.50 Å². The Morgan fingerprint density at radius 2 is 1.97 bits per heavy atom. The number of aryl methyl sites for hydroxylation is 1. The van der Waals surface area contributed by atoms with E-state index in [0.29, 0.717) is 66.8 Å². The zero-order valence-corrected chi connectivity index (χ0v) is 17.0. The summed E-state index contributed by atoms with van der Waals surface area (Å²) >= 11 is 1.36. The van der Waals surface area contributed by atoms with E-state index in [1.807, 2.05) is 13.0 Å². The summed E-state index contributed by atoms with van der Waals surface area (Å²) in [5.74, 6) is -0.103. The molecule has 0 bridgehead atoms. The van der Waals surface area contributed by atoms with Gasteiger partial charge >= 0.3 is 0 Å². The van der Waals surface area contributed by atoms with Gasteiger partial charge < -0.3 is 14.6 Å². The molecule has 1 atom stereocenters. The third kappa shape index (κ3) is 3.22. The van der Waals surface area contributed by atoms with Gasteiger partial charge in [-0.15, -0.1) is 5.10 Å². The fraction of sp³-hybridized carbons (Fsp3) is 0.500.